The third kappa shape index (κ3) is 4.81. The number of nitrogens with one attached hydrogen (secondary N) is 1. The van der Waals surface area contributed by atoms with Crippen LogP contribution in [0.4, 0.5) is 0 Å². The second kappa shape index (κ2) is 8.85. The van der Waals surface area contributed by atoms with Crippen molar-refractivity contribution in [3.8, 4) is 0 Å². The van der Waals surface area contributed by atoms with Crippen LogP contribution in [-0.4, -0.2) is 73.1 Å². The molecule has 0 spiro atoms. The van der Waals surface area contributed by atoms with E-state index < -0.39 is 0 Å². The van der Waals surface area contributed by atoms with E-state index >= 15 is 0 Å². The van der Waals surface area contributed by atoms with Gasteiger partial charge in [0, 0.05) is 38.8 Å². The highest BCUT2D eigenvalue weighted by Gasteiger charge is 2.32. The molecule has 3 rings (SSSR count). The minimum absolute atomic E-state index is 0. The maximum atomic E-state index is 12.5. The largest absolute Gasteiger partial charge is 0.378 e. The van der Waals surface area contributed by atoms with Crippen LogP contribution in [-0.2, 0) is 14.3 Å². The van der Waals surface area contributed by atoms with E-state index in [1.807, 2.05) is 9.80 Å². The van der Waals surface area contributed by atoms with E-state index in [9.17, 15) is 9.59 Å². The fourth-order valence-electron chi connectivity index (χ4n) is 3.74. The summed E-state index contributed by atoms with van der Waals surface area (Å²) >= 11 is 0. The van der Waals surface area contributed by atoms with Gasteiger partial charge in [-0.3, -0.25) is 9.59 Å². The lowest BCUT2D eigenvalue weighted by molar-refractivity contribution is -0.142. The zero-order valence-electron chi connectivity index (χ0n) is 13.7. The van der Waals surface area contributed by atoms with E-state index in [1.54, 1.807) is 0 Å². The molecule has 0 aromatic carbocycles. The highest BCUT2D eigenvalue weighted by Crippen LogP contribution is 2.21. The van der Waals surface area contributed by atoms with Crippen molar-refractivity contribution in [2.24, 2.45) is 0 Å². The summed E-state index contributed by atoms with van der Waals surface area (Å²) in [6, 6.07) is 0.194. The number of carbonyl (C=O) groups is 2. The smallest absolute Gasteiger partial charge is 0.236 e. The van der Waals surface area contributed by atoms with Crippen molar-refractivity contribution in [3.63, 3.8) is 0 Å². The minimum Gasteiger partial charge on any atom is -0.378 e. The average molecular weight is 346 g/mol. The van der Waals surface area contributed by atoms with E-state index in [2.05, 4.69) is 5.32 Å². The molecule has 0 radical (unpaired) electrons. The molecule has 0 bridgehead atoms. The summed E-state index contributed by atoms with van der Waals surface area (Å²) in [5.74, 6) is 0.361. The van der Waals surface area contributed by atoms with Crippen LogP contribution >= 0.6 is 12.4 Å². The molecular weight excluding hydrogens is 318 g/mol. The molecule has 3 saturated heterocycles. The Kier molecular flexibility index (Phi) is 7.11. The standard InChI is InChI=1S/C16H27N3O3.ClH/c20-15(10-14-5-1-2-9-22-14)18-7-3-4-13(12-18)19-8-6-17-11-16(19)21;/h13-14,17H,1-12H2;1H. The number of carbonyl (C=O) groups excluding carboxylic acids is 2. The van der Waals surface area contributed by atoms with Crippen LogP contribution in [0.3, 0.4) is 0 Å². The molecule has 2 amide bonds. The van der Waals surface area contributed by atoms with Crippen LogP contribution in [0.5, 0.6) is 0 Å². The van der Waals surface area contributed by atoms with E-state index in [-0.39, 0.29) is 36.4 Å². The molecule has 0 aromatic rings. The van der Waals surface area contributed by atoms with Crippen molar-refractivity contribution in [2.75, 3.05) is 39.3 Å². The molecule has 3 heterocycles. The fourth-order valence-corrected chi connectivity index (χ4v) is 3.74. The molecule has 6 nitrogen and oxygen atoms in total. The van der Waals surface area contributed by atoms with Crippen LogP contribution in [0.25, 0.3) is 0 Å². The van der Waals surface area contributed by atoms with Crippen LogP contribution < -0.4 is 5.32 Å². The van der Waals surface area contributed by atoms with Crippen LogP contribution in [0, 0.1) is 0 Å². The van der Waals surface area contributed by atoms with Crippen LogP contribution in [0.15, 0.2) is 0 Å². The third-order valence-electron chi connectivity index (χ3n) is 4.99. The topological polar surface area (TPSA) is 61.9 Å². The number of piperidine rings is 1. The molecule has 23 heavy (non-hydrogen) atoms. The highest BCUT2D eigenvalue weighted by atomic mass is 35.5. The summed E-state index contributed by atoms with van der Waals surface area (Å²) in [6.45, 7) is 4.35. The first kappa shape index (κ1) is 18.5. The molecular formula is C16H28ClN3O3. The molecule has 2 unspecified atom stereocenters. The van der Waals surface area contributed by atoms with Gasteiger partial charge in [0.25, 0.3) is 0 Å². The Balaban J connectivity index is 0.00000192. The van der Waals surface area contributed by atoms with Gasteiger partial charge in [0.15, 0.2) is 0 Å². The first-order valence-electron chi connectivity index (χ1n) is 8.63. The van der Waals surface area contributed by atoms with E-state index in [0.717, 1.165) is 58.3 Å². The normalized spacial score (nSPS) is 29.1. The second-order valence-corrected chi connectivity index (χ2v) is 6.59. The number of halogens is 1. The zero-order valence-corrected chi connectivity index (χ0v) is 14.5. The lowest BCUT2D eigenvalue weighted by Gasteiger charge is -2.41. The van der Waals surface area contributed by atoms with Gasteiger partial charge in [-0.1, -0.05) is 0 Å². The zero-order chi connectivity index (χ0) is 15.4. The molecule has 7 heteroatoms. The van der Waals surface area contributed by atoms with Crippen molar-refractivity contribution in [2.45, 2.75) is 50.7 Å². The molecule has 3 aliphatic rings. The number of amides is 2. The van der Waals surface area contributed by atoms with E-state index in [0.29, 0.717) is 19.5 Å². The monoisotopic (exact) mass is 345 g/mol. The lowest BCUT2D eigenvalue weighted by Crippen LogP contribution is -2.57. The quantitative estimate of drug-likeness (QED) is 0.821. The summed E-state index contributed by atoms with van der Waals surface area (Å²) in [5, 5.41) is 3.10. The number of hydrogen-bond donors (Lipinski definition) is 1. The summed E-state index contributed by atoms with van der Waals surface area (Å²) in [7, 11) is 0. The van der Waals surface area contributed by atoms with Gasteiger partial charge in [-0.05, 0) is 32.1 Å². The van der Waals surface area contributed by atoms with Gasteiger partial charge in [0.2, 0.25) is 11.8 Å². The van der Waals surface area contributed by atoms with Gasteiger partial charge in [-0.15, -0.1) is 12.4 Å². The lowest BCUT2D eigenvalue weighted by atomic mass is 10.0. The molecule has 0 aliphatic carbocycles. The Morgan fingerprint density at radius 1 is 1.22 bits per heavy atom. The van der Waals surface area contributed by atoms with Crippen molar-refractivity contribution < 1.29 is 14.3 Å². The Bertz CT molecular complexity index is 415. The van der Waals surface area contributed by atoms with Gasteiger partial charge < -0.3 is 19.9 Å². The average Bonchev–Trinajstić information content (AvgIpc) is 2.56. The molecule has 2 atom stereocenters. The molecule has 1 N–H and O–H groups in total. The van der Waals surface area contributed by atoms with Gasteiger partial charge in [0.05, 0.1) is 19.1 Å². The maximum absolute atomic E-state index is 12.5. The fraction of sp³-hybridized carbons (Fsp3) is 0.875. The third-order valence-corrected chi connectivity index (χ3v) is 4.99. The van der Waals surface area contributed by atoms with Gasteiger partial charge in [-0.25, -0.2) is 0 Å². The summed E-state index contributed by atoms with van der Waals surface area (Å²) < 4.78 is 5.68. The van der Waals surface area contributed by atoms with Crippen LogP contribution in [0.1, 0.15) is 38.5 Å². The second-order valence-electron chi connectivity index (χ2n) is 6.59. The number of nitrogens with zero attached hydrogens (tertiary/aromatic N) is 2. The van der Waals surface area contributed by atoms with Gasteiger partial charge >= 0.3 is 0 Å². The van der Waals surface area contributed by atoms with Crippen molar-refractivity contribution in [1.82, 2.24) is 15.1 Å². The first-order valence-corrected chi connectivity index (χ1v) is 8.63. The van der Waals surface area contributed by atoms with Crippen LogP contribution in [0.2, 0.25) is 0 Å². The first-order chi connectivity index (χ1) is 10.7. The highest BCUT2D eigenvalue weighted by molar-refractivity contribution is 5.85. The molecule has 0 aromatic heterocycles. The van der Waals surface area contributed by atoms with Crippen molar-refractivity contribution >= 4 is 24.2 Å². The summed E-state index contributed by atoms with van der Waals surface area (Å²) in [4.78, 5) is 28.4. The molecule has 3 fully saturated rings. The van der Waals surface area contributed by atoms with Gasteiger partial charge in [0.1, 0.15) is 0 Å². The number of piperazine rings is 1. The Morgan fingerprint density at radius 2 is 2.09 bits per heavy atom. The number of rotatable bonds is 3. The molecule has 3 aliphatic heterocycles. The predicted octanol–water partition coefficient (Wildman–Crippen LogP) is 0.790. The minimum atomic E-state index is 0. The van der Waals surface area contributed by atoms with E-state index in [4.69, 9.17) is 4.74 Å². The summed E-state index contributed by atoms with van der Waals surface area (Å²) in [5.41, 5.74) is 0. The molecule has 0 saturated carbocycles. The number of likely N-dealkylation sites (tertiary alicyclic amines) is 1. The Hall–Kier alpha value is -0.850. The Morgan fingerprint density at radius 3 is 2.83 bits per heavy atom. The Labute approximate surface area is 144 Å². The van der Waals surface area contributed by atoms with Gasteiger partial charge in [-0.2, -0.15) is 0 Å². The van der Waals surface area contributed by atoms with E-state index in [1.165, 1.54) is 0 Å². The van der Waals surface area contributed by atoms with Crippen molar-refractivity contribution in [3.05, 3.63) is 0 Å². The number of hydrogen-bond acceptors (Lipinski definition) is 4. The predicted molar refractivity (Wildman–Crippen MR) is 89.6 cm³/mol. The van der Waals surface area contributed by atoms with Crippen molar-refractivity contribution in [1.29, 1.82) is 0 Å². The molecule has 132 valence electrons. The maximum Gasteiger partial charge on any atom is 0.236 e. The number of ether oxygens (including phenoxy) is 1. The summed E-state index contributed by atoms with van der Waals surface area (Å²) in [6.07, 6.45) is 5.87. The SMILES string of the molecule is Cl.O=C(CC1CCCCO1)N1CCCC(N2CCNCC2=O)C1.